The molecule has 2 fully saturated rings. The number of halogens is 1. The van der Waals surface area contributed by atoms with E-state index in [1.165, 1.54) is 0 Å². The lowest BCUT2D eigenvalue weighted by Crippen LogP contribution is -2.47. The van der Waals surface area contributed by atoms with Crippen LogP contribution in [0.15, 0.2) is 44.3 Å². The van der Waals surface area contributed by atoms with Gasteiger partial charge in [-0.05, 0) is 38.0 Å². The fourth-order valence-electron chi connectivity index (χ4n) is 4.79. The van der Waals surface area contributed by atoms with E-state index in [-0.39, 0.29) is 24.7 Å². The van der Waals surface area contributed by atoms with Gasteiger partial charge in [0.1, 0.15) is 12.2 Å². The molecule has 0 radical (unpaired) electrons. The van der Waals surface area contributed by atoms with Gasteiger partial charge in [-0.15, -0.1) is 0 Å². The molecule has 1 aliphatic carbocycles. The third kappa shape index (κ3) is 6.39. The van der Waals surface area contributed by atoms with E-state index in [0.717, 1.165) is 55.2 Å². The number of amides is 1. The van der Waals surface area contributed by atoms with Gasteiger partial charge in [0.2, 0.25) is 5.91 Å². The molecule has 0 spiro atoms. The van der Waals surface area contributed by atoms with Gasteiger partial charge in [0.25, 0.3) is 0 Å². The minimum atomic E-state index is -0.300. The number of fused-ring (bicyclic) bond motifs is 1. The van der Waals surface area contributed by atoms with Crippen LogP contribution in [0.1, 0.15) is 39.5 Å². The lowest BCUT2D eigenvalue weighted by atomic mass is 10.0. The highest BCUT2D eigenvalue weighted by molar-refractivity contribution is 6.39. The Hall–Kier alpha value is -2.83. The van der Waals surface area contributed by atoms with E-state index in [4.69, 9.17) is 22.6 Å². The Morgan fingerprint density at radius 1 is 1.44 bits per heavy atom. The van der Waals surface area contributed by atoms with Crippen molar-refractivity contribution in [2.24, 2.45) is 27.6 Å². The van der Waals surface area contributed by atoms with Gasteiger partial charge in [0.05, 0.1) is 11.1 Å². The molecular formula is C24H35ClN8O. The number of nitrogens with two attached hydrogens (primary N) is 1. The number of nitriles is 1. The van der Waals surface area contributed by atoms with Gasteiger partial charge < -0.3 is 21.3 Å². The zero-order valence-corrected chi connectivity index (χ0v) is 20.9. The Kier molecular flexibility index (Phi) is 9.13. The number of allylic oxidation sites excluding steroid dienone is 4. The summed E-state index contributed by atoms with van der Waals surface area (Å²) in [6, 6.07) is 2.24. The van der Waals surface area contributed by atoms with Gasteiger partial charge in [-0.1, -0.05) is 30.7 Å². The Balaban J connectivity index is 1.48. The maximum atomic E-state index is 12.0. The normalized spacial score (nSPS) is 27.5. The molecule has 3 atom stereocenters. The number of likely N-dealkylation sites (tertiary alicyclic amines) is 1. The van der Waals surface area contributed by atoms with Gasteiger partial charge in [-0.25, -0.2) is 0 Å². The number of carbonyl (C=O) groups is 1. The third-order valence-corrected chi connectivity index (χ3v) is 6.99. The molecule has 3 rings (SSSR count). The van der Waals surface area contributed by atoms with Crippen LogP contribution in [0.4, 0.5) is 0 Å². The van der Waals surface area contributed by atoms with E-state index in [2.05, 4.69) is 25.9 Å². The van der Waals surface area contributed by atoms with E-state index in [1.54, 1.807) is 13.3 Å². The standard InChI is InChI=1S/C24H35ClN8O/c1-4-21(27)19(15(2)28-3)6-5-9-29-24-30-12-20(25)23(32-24)31-18-10-16-13-33(14-17(16)11-18)22(34)7-8-26/h5-6,12,16-18,24,29,31-32H,4,7,9-11,13-14,27H2,1-3H3/b6-5-,21-19?,28-15?. The molecule has 2 heterocycles. The maximum Gasteiger partial charge on any atom is 0.236 e. The second kappa shape index (κ2) is 12.0. The quantitative estimate of drug-likeness (QED) is 0.291. The van der Waals surface area contributed by atoms with E-state index in [0.29, 0.717) is 23.4 Å². The minimum absolute atomic E-state index is 0.0359. The van der Waals surface area contributed by atoms with Crippen molar-refractivity contribution in [2.75, 3.05) is 26.7 Å². The summed E-state index contributed by atoms with van der Waals surface area (Å²) in [4.78, 5) is 22.5. The van der Waals surface area contributed by atoms with Crippen molar-refractivity contribution in [1.82, 2.24) is 20.9 Å². The average molecular weight is 487 g/mol. The van der Waals surface area contributed by atoms with Crippen molar-refractivity contribution in [3.63, 3.8) is 0 Å². The number of carbonyl (C=O) groups excluding carboxylic acids is 1. The number of hydrogen-bond donors (Lipinski definition) is 4. The number of nitrogens with one attached hydrogen (secondary N) is 3. The second-order valence-corrected chi connectivity index (χ2v) is 9.33. The summed E-state index contributed by atoms with van der Waals surface area (Å²) in [7, 11) is 1.76. The van der Waals surface area contributed by atoms with Crippen LogP contribution in [-0.4, -0.2) is 61.7 Å². The largest absolute Gasteiger partial charge is 0.402 e. The van der Waals surface area contributed by atoms with Gasteiger partial charge >= 0.3 is 0 Å². The SMILES string of the molecule is CCC(N)=C(/C=C\CNC1N=CC(Cl)=C(NC2CC3CN(C(=O)CC#N)CC3C2)N1)C(C)=NC. The van der Waals surface area contributed by atoms with Crippen LogP contribution in [0.25, 0.3) is 0 Å². The molecule has 0 aromatic rings. The number of hydrogen-bond acceptors (Lipinski definition) is 8. The zero-order valence-electron chi connectivity index (χ0n) is 20.1. The Morgan fingerprint density at radius 2 is 2.15 bits per heavy atom. The third-order valence-electron chi connectivity index (χ3n) is 6.70. The number of rotatable bonds is 9. The molecule has 0 bridgehead atoms. The molecule has 3 unspecified atom stereocenters. The van der Waals surface area contributed by atoms with Crippen molar-refractivity contribution in [3.05, 3.63) is 34.3 Å². The summed E-state index contributed by atoms with van der Waals surface area (Å²) >= 11 is 6.40. The highest BCUT2D eigenvalue weighted by Gasteiger charge is 2.42. The van der Waals surface area contributed by atoms with Crippen LogP contribution in [0.3, 0.4) is 0 Å². The Labute approximate surface area is 206 Å². The summed E-state index contributed by atoms with van der Waals surface area (Å²) in [5.74, 6) is 1.63. The molecular weight excluding hydrogens is 452 g/mol. The molecule has 34 heavy (non-hydrogen) atoms. The first-order chi connectivity index (χ1) is 16.4. The van der Waals surface area contributed by atoms with Crippen molar-refractivity contribution >= 4 is 29.4 Å². The van der Waals surface area contributed by atoms with Gasteiger partial charge in [-0.3, -0.25) is 20.1 Å². The number of aliphatic imine (C=N–C) groups is 2. The lowest BCUT2D eigenvalue weighted by molar-refractivity contribution is -0.129. The molecule has 0 aromatic heterocycles. The smallest absolute Gasteiger partial charge is 0.236 e. The van der Waals surface area contributed by atoms with Crippen LogP contribution in [-0.2, 0) is 4.79 Å². The molecule has 5 N–H and O–H groups in total. The molecule has 10 heteroatoms. The number of nitrogens with zero attached hydrogens (tertiary/aromatic N) is 4. The Morgan fingerprint density at radius 3 is 2.76 bits per heavy atom. The monoisotopic (exact) mass is 486 g/mol. The highest BCUT2D eigenvalue weighted by atomic mass is 35.5. The first-order valence-corrected chi connectivity index (χ1v) is 12.2. The lowest BCUT2D eigenvalue weighted by Gasteiger charge is -2.27. The predicted molar refractivity (Wildman–Crippen MR) is 136 cm³/mol. The van der Waals surface area contributed by atoms with Crippen LogP contribution >= 0.6 is 11.6 Å². The summed E-state index contributed by atoms with van der Waals surface area (Å²) in [6.45, 7) is 6.05. The molecule has 3 aliphatic rings. The van der Waals surface area contributed by atoms with Crippen LogP contribution in [0, 0.1) is 23.2 Å². The zero-order chi connectivity index (χ0) is 24.7. The van der Waals surface area contributed by atoms with E-state index < -0.39 is 0 Å². The fourth-order valence-corrected chi connectivity index (χ4v) is 4.96. The topological polar surface area (TPSA) is 131 Å². The Bertz CT molecular complexity index is 947. The summed E-state index contributed by atoms with van der Waals surface area (Å²) in [6.07, 6.45) is 8.04. The predicted octanol–water partition coefficient (Wildman–Crippen LogP) is 1.95. The fraction of sp³-hybridized carbons (Fsp3) is 0.583. The maximum absolute atomic E-state index is 12.0. The first-order valence-electron chi connectivity index (χ1n) is 11.8. The van der Waals surface area contributed by atoms with Gasteiger partial charge in [0, 0.05) is 55.9 Å². The van der Waals surface area contributed by atoms with Crippen LogP contribution in [0.2, 0.25) is 0 Å². The molecule has 1 amide bonds. The second-order valence-electron chi connectivity index (χ2n) is 8.93. The molecule has 184 valence electrons. The average Bonchev–Trinajstić information content (AvgIpc) is 3.39. The van der Waals surface area contributed by atoms with Crippen LogP contribution in [0.5, 0.6) is 0 Å². The molecule has 2 aliphatic heterocycles. The van der Waals surface area contributed by atoms with E-state index in [9.17, 15) is 4.79 Å². The highest BCUT2D eigenvalue weighted by Crippen LogP contribution is 2.38. The first kappa shape index (κ1) is 25.8. The van der Waals surface area contributed by atoms with Crippen molar-refractivity contribution < 1.29 is 4.79 Å². The summed E-state index contributed by atoms with van der Waals surface area (Å²) < 4.78 is 0. The van der Waals surface area contributed by atoms with Crippen molar-refractivity contribution in [1.29, 1.82) is 5.26 Å². The van der Waals surface area contributed by atoms with E-state index in [1.807, 2.05) is 37.0 Å². The molecule has 0 aromatic carbocycles. The van der Waals surface area contributed by atoms with Crippen LogP contribution < -0.4 is 21.7 Å². The molecule has 9 nitrogen and oxygen atoms in total. The van der Waals surface area contributed by atoms with Gasteiger partial charge in [0.15, 0.2) is 6.29 Å². The molecule has 1 saturated carbocycles. The van der Waals surface area contributed by atoms with E-state index >= 15 is 0 Å². The summed E-state index contributed by atoms with van der Waals surface area (Å²) in [5, 5.41) is 19.5. The summed E-state index contributed by atoms with van der Waals surface area (Å²) in [5.41, 5.74) is 8.81. The minimum Gasteiger partial charge on any atom is -0.402 e. The molecule has 1 saturated heterocycles. The van der Waals surface area contributed by atoms with Crippen molar-refractivity contribution in [2.45, 2.75) is 51.9 Å². The van der Waals surface area contributed by atoms with Crippen molar-refractivity contribution in [3.8, 4) is 6.07 Å². The van der Waals surface area contributed by atoms with Gasteiger partial charge in [-0.2, -0.15) is 5.26 Å².